The van der Waals surface area contributed by atoms with Crippen molar-refractivity contribution >= 4 is 11.8 Å². The summed E-state index contributed by atoms with van der Waals surface area (Å²) in [6, 6.07) is 0. The van der Waals surface area contributed by atoms with Gasteiger partial charge in [0.25, 0.3) is 0 Å². The SMILES string of the molecule is O=C1CCC(CC2CCCC3(C2)OOC3=O)CC1. The average Bonchev–Trinajstić information content (AvgIpc) is 2.40. The smallest absolute Gasteiger partial charge is 0.300 e. The third-order valence-electron chi connectivity index (χ3n) is 4.79. The van der Waals surface area contributed by atoms with Gasteiger partial charge < -0.3 is 0 Å². The van der Waals surface area contributed by atoms with E-state index in [-0.39, 0.29) is 5.97 Å². The lowest BCUT2D eigenvalue weighted by atomic mass is 9.72. The minimum absolute atomic E-state index is 0.175. The van der Waals surface area contributed by atoms with E-state index in [4.69, 9.17) is 4.89 Å². The predicted molar refractivity (Wildman–Crippen MR) is 63.4 cm³/mol. The van der Waals surface area contributed by atoms with Gasteiger partial charge in [0.15, 0.2) is 0 Å². The third-order valence-corrected chi connectivity index (χ3v) is 4.79. The van der Waals surface area contributed by atoms with Gasteiger partial charge in [-0.3, -0.25) is 9.68 Å². The zero-order valence-electron chi connectivity index (χ0n) is 10.7. The molecule has 3 aliphatic rings. The molecule has 0 aromatic rings. The Kier molecular flexibility index (Phi) is 3.14. The maximum atomic E-state index is 11.5. The van der Waals surface area contributed by atoms with Crippen LogP contribution in [0.1, 0.15) is 57.8 Å². The van der Waals surface area contributed by atoms with Crippen LogP contribution < -0.4 is 0 Å². The number of rotatable bonds is 2. The van der Waals surface area contributed by atoms with Gasteiger partial charge in [-0.2, -0.15) is 4.89 Å². The summed E-state index contributed by atoms with van der Waals surface area (Å²) in [7, 11) is 0. The van der Waals surface area contributed by atoms with Crippen LogP contribution in [0.5, 0.6) is 0 Å². The fraction of sp³-hybridized carbons (Fsp3) is 0.857. The molecule has 2 unspecified atom stereocenters. The van der Waals surface area contributed by atoms with Crippen LogP contribution in [0.3, 0.4) is 0 Å². The third kappa shape index (κ3) is 2.18. The molecule has 2 aliphatic carbocycles. The Morgan fingerprint density at radius 2 is 1.89 bits per heavy atom. The van der Waals surface area contributed by atoms with Gasteiger partial charge in [-0.1, -0.05) is 6.42 Å². The van der Waals surface area contributed by atoms with Crippen molar-refractivity contribution in [2.45, 2.75) is 63.4 Å². The van der Waals surface area contributed by atoms with E-state index in [1.54, 1.807) is 0 Å². The van der Waals surface area contributed by atoms with Crippen LogP contribution in [0.2, 0.25) is 0 Å². The second-order valence-electron chi connectivity index (χ2n) is 6.13. The van der Waals surface area contributed by atoms with Gasteiger partial charge in [0, 0.05) is 12.8 Å². The molecule has 1 saturated heterocycles. The van der Waals surface area contributed by atoms with Crippen LogP contribution in [-0.4, -0.2) is 17.4 Å². The Hall–Kier alpha value is -0.900. The molecule has 0 bridgehead atoms. The highest BCUT2D eigenvalue weighted by Gasteiger charge is 2.55. The van der Waals surface area contributed by atoms with Gasteiger partial charge in [-0.05, 0) is 50.4 Å². The summed E-state index contributed by atoms with van der Waals surface area (Å²) in [5, 5.41) is 0. The summed E-state index contributed by atoms with van der Waals surface area (Å²) in [4.78, 5) is 32.3. The summed E-state index contributed by atoms with van der Waals surface area (Å²) in [5.41, 5.74) is -0.604. The molecule has 0 aromatic carbocycles. The number of hydrogen-bond donors (Lipinski definition) is 0. The molecule has 3 rings (SSSR count). The van der Waals surface area contributed by atoms with Crippen molar-refractivity contribution in [3.8, 4) is 0 Å². The summed E-state index contributed by atoms with van der Waals surface area (Å²) in [6.45, 7) is 0. The summed E-state index contributed by atoms with van der Waals surface area (Å²) >= 11 is 0. The van der Waals surface area contributed by atoms with E-state index in [0.29, 0.717) is 17.6 Å². The van der Waals surface area contributed by atoms with Crippen LogP contribution in [0.25, 0.3) is 0 Å². The predicted octanol–water partition coefficient (Wildman–Crippen LogP) is 2.55. The van der Waals surface area contributed by atoms with E-state index >= 15 is 0 Å². The summed E-state index contributed by atoms with van der Waals surface area (Å²) < 4.78 is 0. The molecule has 2 saturated carbocycles. The standard InChI is InChI=1S/C14H20O4/c15-12-5-3-10(4-6-12)8-11-2-1-7-14(9-11)13(16)17-18-14/h10-11H,1-9H2. The van der Waals surface area contributed by atoms with E-state index in [1.165, 1.54) is 6.42 Å². The minimum atomic E-state index is -0.604. The maximum Gasteiger partial charge on any atom is 0.378 e. The Bertz CT molecular complexity index is 355. The van der Waals surface area contributed by atoms with E-state index in [1.807, 2.05) is 0 Å². The van der Waals surface area contributed by atoms with Crippen molar-refractivity contribution < 1.29 is 19.4 Å². The molecule has 1 spiro atoms. The lowest BCUT2D eigenvalue weighted by Gasteiger charge is -2.43. The van der Waals surface area contributed by atoms with Gasteiger partial charge in [-0.15, -0.1) is 0 Å². The summed E-state index contributed by atoms with van der Waals surface area (Å²) in [5.74, 6) is 1.46. The van der Waals surface area contributed by atoms with Gasteiger partial charge in [0.1, 0.15) is 5.78 Å². The zero-order valence-corrected chi connectivity index (χ0v) is 10.7. The Morgan fingerprint density at radius 3 is 2.50 bits per heavy atom. The van der Waals surface area contributed by atoms with Crippen molar-refractivity contribution in [3.05, 3.63) is 0 Å². The number of Topliss-reactive ketones (excluding diaryl/α,β-unsaturated/α-hetero) is 1. The molecule has 18 heavy (non-hydrogen) atoms. The molecule has 3 fully saturated rings. The maximum absolute atomic E-state index is 11.5. The van der Waals surface area contributed by atoms with Crippen molar-refractivity contribution in [3.63, 3.8) is 0 Å². The van der Waals surface area contributed by atoms with Crippen LogP contribution in [0.15, 0.2) is 0 Å². The lowest BCUT2D eigenvalue weighted by Crippen LogP contribution is -2.55. The number of carbonyl (C=O) groups is 2. The van der Waals surface area contributed by atoms with Crippen LogP contribution in [0.4, 0.5) is 0 Å². The Balaban J connectivity index is 1.53. The van der Waals surface area contributed by atoms with Crippen molar-refractivity contribution in [2.75, 3.05) is 0 Å². The first-order valence-electron chi connectivity index (χ1n) is 7.10. The lowest BCUT2D eigenvalue weighted by molar-refractivity contribution is -0.409. The molecular weight excluding hydrogens is 232 g/mol. The molecule has 4 nitrogen and oxygen atoms in total. The van der Waals surface area contributed by atoms with Crippen molar-refractivity contribution in [1.29, 1.82) is 0 Å². The highest BCUT2D eigenvalue weighted by atomic mass is 17.3. The Morgan fingerprint density at radius 1 is 1.11 bits per heavy atom. The van der Waals surface area contributed by atoms with Crippen molar-refractivity contribution in [2.24, 2.45) is 11.8 Å². The minimum Gasteiger partial charge on any atom is -0.300 e. The highest BCUT2D eigenvalue weighted by Crippen LogP contribution is 2.44. The molecular formula is C14H20O4. The second kappa shape index (κ2) is 4.65. The monoisotopic (exact) mass is 252 g/mol. The van der Waals surface area contributed by atoms with E-state index < -0.39 is 5.60 Å². The topological polar surface area (TPSA) is 52.6 Å². The number of carbonyl (C=O) groups excluding carboxylic acids is 2. The molecule has 4 heteroatoms. The normalized spacial score (nSPS) is 37.4. The molecule has 100 valence electrons. The fourth-order valence-corrected chi connectivity index (χ4v) is 3.71. The first-order chi connectivity index (χ1) is 8.68. The van der Waals surface area contributed by atoms with Gasteiger partial charge in [-0.25, -0.2) is 4.79 Å². The van der Waals surface area contributed by atoms with Gasteiger partial charge in [0.2, 0.25) is 5.60 Å². The van der Waals surface area contributed by atoms with E-state index in [9.17, 15) is 9.59 Å². The molecule has 1 aliphatic heterocycles. The van der Waals surface area contributed by atoms with Crippen LogP contribution in [-0.2, 0) is 19.4 Å². The van der Waals surface area contributed by atoms with Gasteiger partial charge >= 0.3 is 5.97 Å². The number of hydrogen-bond acceptors (Lipinski definition) is 4. The van der Waals surface area contributed by atoms with Gasteiger partial charge in [0.05, 0.1) is 0 Å². The van der Waals surface area contributed by atoms with Crippen LogP contribution in [0, 0.1) is 11.8 Å². The molecule has 0 N–H and O–H groups in total. The number of ketones is 1. The second-order valence-corrected chi connectivity index (χ2v) is 6.13. The zero-order chi connectivity index (χ0) is 12.6. The first-order valence-corrected chi connectivity index (χ1v) is 7.10. The molecule has 0 amide bonds. The first kappa shape index (κ1) is 12.2. The Labute approximate surface area is 107 Å². The van der Waals surface area contributed by atoms with E-state index in [0.717, 1.165) is 51.4 Å². The quantitative estimate of drug-likeness (QED) is 0.709. The molecule has 1 heterocycles. The largest absolute Gasteiger partial charge is 0.378 e. The highest BCUT2D eigenvalue weighted by molar-refractivity contribution is 5.82. The molecule has 0 radical (unpaired) electrons. The summed E-state index contributed by atoms with van der Waals surface area (Å²) in [6.07, 6.45) is 8.57. The average molecular weight is 252 g/mol. The van der Waals surface area contributed by atoms with Crippen molar-refractivity contribution in [1.82, 2.24) is 0 Å². The molecule has 0 aromatic heterocycles. The fourth-order valence-electron chi connectivity index (χ4n) is 3.71. The van der Waals surface area contributed by atoms with E-state index in [2.05, 4.69) is 4.89 Å². The molecule has 2 atom stereocenters. The van der Waals surface area contributed by atoms with Crippen LogP contribution >= 0.6 is 0 Å².